The molecule has 1 aliphatic rings. The van der Waals surface area contributed by atoms with Crippen LogP contribution in [0.1, 0.15) is 25.5 Å². The number of phenolic OH excluding ortho intramolecular Hbond substituents is 1. The van der Waals surface area contributed by atoms with Crippen molar-refractivity contribution in [2.45, 2.75) is 19.9 Å². The number of ether oxygens (including phenoxy) is 3. The van der Waals surface area contributed by atoms with E-state index in [-0.39, 0.29) is 11.5 Å². The highest BCUT2D eigenvalue weighted by Gasteiger charge is 2.32. The first-order chi connectivity index (χ1) is 14.9. The molecule has 4 N–H and O–H groups in total. The van der Waals surface area contributed by atoms with Crippen molar-refractivity contribution in [1.29, 1.82) is 0 Å². The predicted molar refractivity (Wildman–Crippen MR) is 115 cm³/mol. The van der Waals surface area contributed by atoms with Crippen LogP contribution in [0.15, 0.2) is 47.7 Å². The Morgan fingerprint density at radius 1 is 1.13 bits per heavy atom. The molecule has 2 aromatic rings. The molecule has 0 unspecified atom stereocenters. The molecule has 1 heterocycles. The van der Waals surface area contributed by atoms with Gasteiger partial charge in [-0.05, 0) is 43.7 Å². The molecule has 0 spiro atoms. The molecule has 0 radical (unpaired) electrons. The summed E-state index contributed by atoms with van der Waals surface area (Å²) >= 11 is 0. The van der Waals surface area contributed by atoms with E-state index in [9.17, 15) is 14.7 Å². The molecule has 0 saturated carbocycles. The number of hydrogen-bond donors (Lipinski definition) is 4. The maximum atomic E-state index is 13.2. The van der Waals surface area contributed by atoms with Crippen LogP contribution in [0.25, 0.3) is 0 Å². The highest BCUT2D eigenvalue weighted by atomic mass is 16.5. The summed E-state index contributed by atoms with van der Waals surface area (Å²) in [6.45, 7) is 3.80. The normalized spacial score (nSPS) is 15.6. The molecule has 1 atom stereocenters. The van der Waals surface area contributed by atoms with Crippen molar-refractivity contribution >= 4 is 17.6 Å². The molecule has 3 amide bonds. The summed E-state index contributed by atoms with van der Waals surface area (Å²) in [4.78, 5) is 25.4. The van der Waals surface area contributed by atoms with Crippen LogP contribution in [0.2, 0.25) is 0 Å². The van der Waals surface area contributed by atoms with Gasteiger partial charge in [-0.3, -0.25) is 4.79 Å². The minimum Gasteiger partial charge on any atom is -0.504 e. The number of carbonyl (C=O) groups excluding carboxylic acids is 2. The first-order valence-electron chi connectivity index (χ1n) is 9.65. The number of allylic oxidation sites excluding steroid dienone is 1. The second-order valence-electron chi connectivity index (χ2n) is 6.75. The average molecular weight is 427 g/mol. The standard InChI is InChI=1S/C22H25N3O6/c1-5-31-18-10-13(6-9-16(18)26)20-19(12(2)23-22(28)25-20)21(27)24-15-8-7-14(29-3)11-17(15)30-4/h6-11,20,26H,5H2,1-4H3,(H,24,27)(H2,23,25,28)/t20-/m0/s1. The van der Waals surface area contributed by atoms with E-state index in [0.717, 1.165) is 0 Å². The number of rotatable bonds is 7. The molecule has 0 saturated heterocycles. The maximum absolute atomic E-state index is 13.2. The fraction of sp³-hybridized carbons (Fsp3) is 0.273. The summed E-state index contributed by atoms with van der Waals surface area (Å²) in [5.74, 6) is 0.827. The van der Waals surface area contributed by atoms with Crippen molar-refractivity contribution in [3.63, 3.8) is 0 Å². The Balaban J connectivity index is 1.97. The molecule has 1 aliphatic heterocycles. The lowest BCUT2D eigenvalue weighted by Crippen LogP contribution is -2.46. The summed E-state index contributed by atoms with van der Waals surface area (Å²) in [6.07, 6.45) is 0. The molecular weight excluding hydrogens is 402 g/mol. The van der Waals surface area contributed by atoms with Gasteiger partial charge in [-0.15, -0.1) is 0 Å². The van der Waals surface area contributed by atoms with Crippen molar-refractivity contribution in [1.82, 2.24) is 10.6 Å². The summed E-state index contributed by atoms with van der Waals surface area (Å²) < 4.78 is 16.0. The highest BCUT2D eigenvalue weighted by Crippen LogP contribution is 2.35. The van der Waals surface area contributed by atoms with Crippen LogP contribution < -0.4 is 30.2 Å². The third-order valence-electron chi connectivity index (χ3n) is 4.79. The van der Waals surface area contributed by atoms with E-state index in [1.54, 1.807) is 44.2 Å². The fourth-order valence-electron chi connectivity index (χ4n) is 3.32. The lowest BCUT2D eigenvalue weighted by atomic mass is 9.94. The number of carbonyl (C=O) groups is 2. The molecule has 0 bridgehead atoms. The Bertz CT molecular complexity index is 1030. The first kappa shape index (κ1) is 21.8. The molecule has 3 rings (SSSR count). The third-order valence-corrected chi connectivity index (χ3v) is 4.79. The van der Waals surface area contributed by atoms with Gasteiger partial charge in [0.1, 0.15) is 11.5 Å². The van der Waals surface area contributed by atoms with Crippen LogP contribution in [0, 0.1) is 0 Å². The van der Waals surface area contributed by atoms with E-state index < -0.39 is 18.0 Å². The maximum Gasteiger partial charge on any atom is 0.319 e. The van der Waals surface area contributed by atoms with Crippen LogP contribution in [0.5, 0.6) is 23.0 Å². The summed E-state index contributed by atoms with van der Waals surface area (Å²) in [5, 5.41) is 18.2. The molecule has 0 aromatic heterocycles. The van der Waals surface area contributed by atoms with E-state index in [4.69, 9.17) is 14.2 Å². The van der Waals surface area contributed by atoms with Gasteiger partial charge in [-0.2, -0.15) is 0 Å². The minimum absolute atomic E-state index is 0.0273. The van der Waals surface area contributed by atoms with Gasteiger partial charge < -0.3 is 35.3 Å². The lowest BCUT2D eigenvalue weighted by Gasteiger charge is -2.29. The molecule has 0 fully saturated rings. The van der Waals surface area contributed by atoms with Gasteiger partial charge >= 0.3 is 6.03 Å². The fourth-order valence-corrected chi connectivity index (χ4v) is 3.32. The van der Waals surface area contributed by atoms with Crippen LogP contribution >= 0.6 is 0 Å². The molecule has 31 heavy (non-hydrogen) atoms. The van der Waals surface area contributed by atoms with Crippen molar-refractivity contribution in [2.75, 3.05) is 26.1 Å². The van der Waals surface area contributed by atoms with Gasteiger partial charge in [0.2, 0.25) is 0 Å². The number of urea groups is 1. The second-order valence-corrected chi connectivity index (χ2v) is 6.75. The predicted octanol–water partition coefficient (Wildman–Crippen LogP) is 3.07. The minimum atomic E-state index is -0.752. The number of amides is 3. The van der Waals surface area contributed by atoms with Crippen molar-refractivity contribution in [3.05, 3.63) is 53.2 Å². The number of benzene rings is 2. The number of anilines is 1. The van der Waals surface area contributed by atoms with Gasteiger partial charge in [0, 0.05) is 11.8 Å². The zero-order valence-electron chi connectivity index (χ0n) is 17.7. The third kappa shape index (κ3) is 4.66. The van der Waals surface area contributed by atoms with Crippen molar-refractivity contribution in [3.8, 4) is 23.0 Å². The summed E-state index contributed by atoms with van der Waals surface area (Å²) in [6, 6.07) is 8.53. The van der Waals surface area contributed by atoms with Crippen molar-refractivity contribution in [2.24, 2.45) is 0 Å². The summed E-state index contributed by atoms with van der Waals surface area (Å²) in [7, 11) is 3.03. The number of hydrogen-bond acceptors (Lipinski definition) is 6. The molecular formula is C22H25N3O6. The molecule has 9 nitrogen and oxygen atoms in total. The van der Waals surface area contributed by atoms with Crippen LogP contribution in [0.4, 0.5) is 10.5 Å². The monoisotopic (exact) mass is 427 g/mol. The Labute approximate surface area is 180 Å². The van der Waals surface area contributed by atoms with Gasteiger partial charge in [0.15, 0.2) is 11.5 Å². The molecule has 9 heteroatoms. The number of methoxy groups -OCH3 is 2. The van der Waals surface area contributed by atoms with E-state index in [0.29, 0.717) is 40.6 Å². The van der Waals surface area contributed by atoms with Gasteiger partial charge in [0.25, 0.3) is 5.91 Å². The van der Waals surface area contributed by atoms with E-state index in [1.165, 1.54) is 20.3 Å². The van der Waals surface area contributed by atoms with Gasteiger partial charge in [0.05, 0.1) is 38.1 Å². The smallest absolute Gasteiger partial charge is 0.319 e. The lowest BCUT2D eigenvalue weighted by molar-refractivity contribution is -0.113. The summed E-state index contributed by atoms with van der Waals surface area (Å²) in [5.41, 5.74) is 1.75. The average Bonchev–Trinajstić information content (AvgIpc) is 2.75. The first-order valence-corrected chi connectivity index (χ1v) is 9.65. The highest BCUT2D eigenvalue weighted by molar-refractivity contribution is 6.07. The number of aromatic hydroxyl groups is 1. The van der Waals surface area contributed by atoms with Crippen LogP contribution in [0.3, 0.4) is 0 Å². The van der Waals surface area contributed by atoms with E-state index in [1.807, 2.05) is 0 Å². The van der Waals surface area contributed by atoms with E-state index in [2.05, 4.69) is 16.0 Å². The SMILES string of the molecule is CCOc1cc([C@@H]2NC(=O)NC(C)=C2C(=O)Nc2ccc(OC)cc2OC)ccc1O. The quantitative estimate of drug-likeness (QED) is 0.539. The van der Waals surface area contributed by atoms with Crippen LogP contribution in [-0.4, -0.2) is 37.9 Å². The topological polar surface area (TPSA) is 118 Å². The Morgan fingerprint density at radius 2 is 1.90 bits per heavy atom. The second kappa shape index (κ2) is 9.29. The largest absolute Gasteiger partial charge is 0.504 e. The molecule has 0 aliphatic carbocycles. The zero-order chi connectivity index (χ0) is 22.5. The van der Waals surface area contributed by atoms with Crippen LogP contribution in [-0.2, 0) is 4.79 Å². The zero-order valence-corrected chi connectivity index (χ0v) is 17.7. The van der Waals surface area contributed by atoms with Crippen molar-refractivity contribution < 1.29 is 28.9 Å². The van der Waals surface area contributed by atoms with Gasteiger partial charge in [-0.25, -0.2) is 4.79 Å². The number of nitrogens with one attached hydrogen (secondary N) is 3. The number of phenols is 1. The Morgan fingerprint density at radius 3 is 2.58 bits per heavy atom. The Hall–Kier alpha value is -3.88. The Kier molecular flexibility index (Phi) is 6.54. The molecule has 2 aromatic carbocycles. The molecule has 164 valence electrons. The van der Waals surface area contributed by atoms with Gasteiger partial charge in [-0.1, -0.05) is 6.07 Å². The van der Waals surface area contributed by atoms with E-state index >= 15 is 0 Å².